The molecular weight excluding hydrogens is 250 g/mol. The summed E-state index contributed by atoms with van der Waals surface area (Å²) < 4.78 is 4.69. The lowest BCUT2D eigenvalue weighted by Crippen LogP contribution is -2.46. The Balaban J connectivity index is 1.76. The van der Waals surface area contributed by atoms with Crippen LogP contribution in [0, 0.1) is 0 Å². The average Bonchev–Trinajstić information content (AvgIpc) is 2.85. The SMILES string of the molecule is O=COCCN1CCC(O)(Cc2ccsc2)CC1. The van der Waals surface area contributed by atoms with E-state index in [1.165, 1.54) is 5.56 Å². The van der Waals surface area contributed by atoms with Gasteiger partial charge >= 0.3 is 0 Å². The smallest absolute Gasteiger partial charge is 0.293 e. The number of hydrogen-bond acceptors (Lipinski definition) is 5. The zero-order valence-electron chi connectivity index (χ0n) is 10.4. The molecule has 0 unspecified atom stereocenters. The molecule has 1 aliphatic rings. The number of aliphatic hydroxyl groups is 1. The van der Waals surface area contributed by atoms with E-state index < -0.39 is 5.60 Å². The first-order chi connectivity index (χ1) is 8.72. The summed E-state index contributed by atoms with van der Waals surface area (Å²) in [6, 6.07) is 2.08. The molecule has 1 saturated heterocycles. The Kier molecular flexibility index (Phi) is 4.74. The van der Waals surface area contributed by atoms with Gasteiger partial charge in [-0.25, -0.2) is 0 Å². The second-order valence-electron chi connectivity index (χ2n) is 4.84. The summed E-state index contributed by atoms with van der Waals surface area (Å²) in [6.45, 7) is 3.41. The van der Waals surface area contributed by atoms with Crippen molar-refractivity contribution in [1.82, 2.24) is 4.90 Å². The lowest BCUT2D eigenvalue weighted by atomic mass is 9.86. The van der Waals surface area contributed by atoms with Crippen LogP contribution in [-0.2, 0) is 16.0 Å². The molecule has 0 atom stereocenters. The zero-order valence-corrected chi connectivity index (χ0v) is 11.2. The molecule has 1 aromatic rings. The highest BCUT2D eigenvalue weighted by Gasteiger charge is 2.32. The predicted octanol–water partition coefficient (Wildman–Crippen LogP) is 1.29. The first-order valence-electron chi connectivity index (χ1n) is 6.23. The Bertz CT molecular complexity index is 358. The highest BCUT2D eigenvalue weighted by atomic mass is 32.1. The summed E-state index contributed by atoms with van der Waals surface area (Å²) in [7, 11) is 0. The quantitative estimate of drug-likeness (QED) is 0.624. The van der Waals surface area contributed by atoms with Crippen molar-refractivity contribution < 1.29 is 14.6 Å². The van der Waals surface area contributed by atoms with Gasteiger partial charge in [-0.05, 0) is 35.2 Å². The van der Waals surface area contributed by atoms with Gasteiger partial charge in [0.15, 0.2) is 0 Å². The number of carbonyl (C=O) groups is 1. The van der Waals surface area contributed by atoms with Crippen molar-refractivity contribution in [2.24, 2.45) is 0 Å². The van der Waals surface area contributed by atoms with E-state index in [1.54, 1.807) is 11.3 Å². The summed E-state index contributed by atoms with van der Waals surface area (Å²) in [4.78, 5) is 12.3. The van der Waals surface area contributed by atoms with Crippen molar-refractivity contribution in [2.45, 2.75) is 24.9 Å². The molecule has 0 radical (unpaired) electrons. The van der Waals surface area contributed by atoms with Gasteiger partial charge in [-0.2, -0.15) is 11.3 Å². The minimum absolute atomic E-state index is 0.437. The van der Waals surface area contributed by atoms with E-state index in [2.05, 4.69) is 16.3 Å². The first-order valence-corrected chi connectivity index (χ1v) is 7.17. The van der Waals surface area contributed by atoms with E-state index in [9.17, 15) is 9.90 Å². The molecule has 5 heteroatoms. The van der Waals surface area contributed by atoms with E-state index >= 15 is 0 Å². The number of nitrogens with zero attached hydrogens (tertiary/aromatic N) is 1. The third kappa shape index (κ3) is 3.80. The van der Waals surface area contributed by atoms with Gasteiger partial charge < -0.3 is 9.84 Å². The molecule has 0 saturated carbocycles. The van der Waals surface area contributed by atoms with Gasteiger partial charge in [0, 0.05) is 26.1 Å². The molecule has 0 aromatic carbocycles. The van der Waals surface area contributed by atoms with Gasteiger partial charge in [0.2, 0.25) is 0 Å². The number of ether oxygens (including phenoxy) is 1. The fourth-order valence-corrected chi connectivity index (χ4v) is 3.04. The molecule has 18 heavy (non-hydrogen) atoms. The van der Waals surface area contributed by atoms with Crippen LogP contribution in [0.25, 0.3) is 0 Å². The molecule has 0 bridgehead atoms. The molecule has 1 aliphatic heterocycles. The summed E-state index contributed by atoms with van der Waals surface area (Å²) >= 11 is 1.67. The Morgan fingerprint density at radius 2 is 2.28 bits per heavy atom. The lowest BCUT2D eigenvalue weighted by molar-refractivity contribution is -0.129. The molecule has 0 spiro atoms. The Morgan fingerprint density at radius 3 is 2.89 bits per heavy atom. The van der Waals surface area contributed by atoms with Crippen LogP contribution in [0.3, 0.4) is 0 Å². The van der Waals surface area contributed by atoms with Crippen LogP contribution in [0.1, 0.15) is 18.4 Å². The highest BCUT2D eigenvalue weighted by Crippen LogP contribution is 2.26. The number of piperidine rings is 1. The molecule has 0 aliphatic carbocycles. The minimum atomic E-state index is -0.566. The van der Waals surface area contributed by atoms with Crippen molar-refractivity contribution >= 4 is 17.8 Å². The fraction of sp³-hybridized carbons (Fsp3) is 0.615. The minimum Gasteiger partial charge on any atom is -0.467 e. The molecule has 1 aromatic heterocycles. The Morgan fingerprint density at radius 1 is 1.50 bits per heavy atom. The molecular formula is C13H19NO3S. The van der Waals surface area contributed by atoms with E-state index in [4.69, 9.17) is 4.74 Å². The number of thiophene rings is 1. The summed E-state index contributed by atoms with van der Waals surface area (Å²) in [5.41, 5.74) is 0.656. The number of carbonyl (C=O) groups excluding carboxylic acids is 1. The molecule has 1 fully saturated rings. The van der Waals surface area contributed by atoms with Crippen molar-refractivity contribution in [3.63, 3.8) is 0 Å². The van der Waals surface area contributed by atoms with Crippen LogP contribution in [0.4, 0.5) is 0 Å². The van der Waals surface area contributed by atoms with E-state index in [0.29, 0.717) is 13.1 Å². The maximum atomic E-state index is 10.5. The second kappa shape index (κ2) is 6.31. The van der Waals surface area contributed by atoms with Crippen LogP contribution in [-0.4, -0.2) is 48.3 Å². The van der Waals surface area contributed by atoms with Gasteiger partial charge in [-0.1, -0.05) is 0 Å². The van der Waals surface area contributed by atoms with Crippen molar-refractivity contribution in [1.29, 1.82) is 0 Å². The van der Waals surface area contributed by atoms with Crippen LogP contribution < -0.4 is 0 Å². The number of hydrogen-bond donors (Lipinski definition) is 1. The molecule has 4 nitrogen and oxygen atoms in total. The first kappa shape index (κ1) is 13.5. The van der Waals surface area contributed by atoms with Gasteiger partial charge in [0.25, 0.3) is 6.47 Å². The lowest BCUT2D eigenvalue weighted by Gasteiger charge is -2.38. The molecule has 1 N–H and O–H groups in total. The summed E-state index contributed by atoms with van der Waals surface area (Å²) in [6.07, 6.45) is 2.31. The van der Waals surface area contributed by atoms with Crippen molar-refractivity contribution in [2.75, 3.05) is 26.2 Å². The van der Waals surface area contributed by atoms with Crippen LogP contribution in [0.15, 0.2) is 16.8 Å². The maximum absolute atomic E-state index is 10.5. The Labute approximate surface area is 111 Å². The maximum Gasteiger partial charge on any atom is 0.293 e. The van der Waals surface area contributed by atoms with E-state index in [-0.39, 0.29) is 0 Å². The van der Waals surface area contributed by atoms with Crippen molar-refractivity contribution in [3.8, 4) is 0 Å². The normalized spacial score (nSPS) is 19.6. The highest BCUT2D eigenvalue weighted by molar-refractivity contribution is 7.07. The van der Waals surface area contributed by atoms with Crippen LogP contribution in [0.2, 0.25) is 0 Å². The topological polar surface area (TPSA) is 49.8 Å². The Hall–Kier alpha value is -0.910. The molecule has 100 valence electrons. The number of rotatable bonds is 6. The predicted molar refractivity (Wildman–Crippen MR) is 70.7 cm³/mol. The monoisotopic (exact) mass is 269 g/mol. The molecule has 0 amide bonds. The van der Waals surface area contributed by atoms with Crippen LogP contribution >= 0.6 is 11.3 Å². The second-order valence-corrected chi connectivity index (χ2v) is 5.62. The van der Waals surface area contributed by atoms with E-state index in [0.717, 1.165) is 38.9 Å². The summed E-state index contributed by atoms with van der Waals surface area (Å²) in [5, 5.41) is 14.7. The van der Waals surface area contributed by atoms with Gasteiger partial charge in [0.05, 0.1) is 5.60 Å². The molecule has 2 heterocycles. The van der Waals surface area contributed by atoms with Crippen LogP contribution in [0.5, 0.6) is 0 Å². The average molecular weight is 269 g/mol. The van der Waals surface area contributed by atoms with Gasteiger partial charge in [-0.3, -0.25) is 9.69 Å². The van der Waals surface area contributed by atoms with Gasteiger partial charge in [0.1, 0.15) is 6.61 Å². The van der Waals surface area contributed by atoms with E-state index in [1.807, 2.05) is 5.38 Å². The number of likely N-dealkylation sites (tertiary alicyclic amines) is 1. The van der Waals surface area contributed by atoms with Crippen molar-refractivity contribution in [3.05, 3.63) is 22.4 Å². The largest absolute Gasteiger partial charge is 0.467 e. The molecule has 2 rings (SSSR count). The third-order valence-electron chi connectivity index (χ3n) is 3.49. The fourth-order valence-electron chi connectivity index (χ4n) is 2.37. The summed E-state index contributed by atoms with van der Waals surface area (Å²) in [5.74, 6) is 0. The third-order valence-corrected chi connectivity index (χ3v) is 4.23. The standard InChI is InChI=1S/C13H19NO3S/c15-11-17-7-6-14-4-2-13(16,3-5-14)9-12-1-8-18-10-12/h1,8,10-11,16H,2-7,9H2. The zero-order chi connectivity index (χ0) is 12.8. The van der Waals surface area contributed by atoms with Gasteiger partial charge in [-0.15, -0.1) is 0 Å².